The number of hydrogen-bond acceptors (Lipinski definition) is 5. The first-order valence-corrected chi connectivity index (χ1v) is 9.93. The van der Waals surface area contributed by atoms with Gasteiger partial charge in [-0.2, -0.15) is 9.78 Å². The number of aliphatic hydroxyl groups excluding tert-OH is 1. The Hall–Kier alpha value is -1.31. The Bertz CT molecular complexity index is 851. The molecule has 0 unspecified atom stereocenters. The number of anilines is 1. The highest BCUT2D eigenvalue weighted by atomic mass is 35.5. The van der Waals surface area contributed by atoms with E-state index in [4.69, 9.17) is 39.9 Å². The molecule has 0 bridgehead atoms. The van der Waals surface area contributed by atoms with E-state index >= 15 is 0 Å². The highest BCUT2D eigenvalue weighted by Gasteiger charge is 2.19. The molecule has 2 heterocycles. The number of likely N-dealkylation sites (tertiary alicyclic amines) is 1. The van der Waals surface area contributed by atoms with Gasteiger partial charge in [0, 0.05) is 13.1 Å². The number of piperidine rings is 1. The van der Waals surface area contributed by atoms with Gasteiger partial charge in [-0.3, -0.25) is 4.79 Å². The molecule has 1 aromatic carbocycles. The van der Waals surface area contributed by atoms with E-state index in [2.05, 4.69) is 15.3 Å². The molecule has 1 aromatic heterocycles. The molecule has 3 rings (SSSR count). The van der Waals surface area contributed by atoms with Gasteiger partial charge in [-0.1, -0.05) is 34.8 Å². The quantitative estimate of drug-likeness (QED) is 0.734. The van der Waals surface area contributed by atoms with Crippen LogP contribution in [-0.4, -0.2) is 52.6 Å². The minimum Gasteiger partial charge on any atom is -0.395 e. The zero-order valence-electron chi connectivity index (χ0n) is 14.7. The number of nitrogens with zero attached hydrogens (tertiary/aromatic N) is 3. The van der Waals surface area contributed by atoms with E-state index in [9.17, 15) is 4.79 Å². The molecule has 0 aliphatic carbocycles. The van der Waals surface area contributed by atoms with Gasteiger partial charge in [0.2, 0.25) is 0 Å². The molecule has 2 aromatic rings. The fourth-order valence-electron chi connectivity index (χ4n) is 3.19. The summed E-state index contributed by atoms with van der Waals surface area (Å²) in [4.78, 5) is 14.5. The Kier molecular flexibility index (Phi) is 7.00. The molecule has 9 heteroatoms. The van der Waals surface area contributed by atoms with Gasteiger partial charge in [0.05, 0.1) is 34.2 Å². The van der Waals surface area contributed by atoms with E-state index in [0.29, 0.717) is 16.6 Å². The molecule has 1 fully saturated rings. The third-order valence-electron chi connectivity index (χ3n) is 4.78. The van der Waals surface area contributed by atoms with E-state index in [1.54, 1.807) is 12.1 Å². The lowest BCUT2D eigenvalue weighted by Crippen LogP contribution is -2.37. The van der Waals surface area contributed by atoms with Crippen molar-refractivity contribution in [3.8, 4) is 5.69 Å². The third kappa shape index (κ3) is 4.95. The van der Waals surface area contributed by atoms with Crippen LogP contribution in [0.5, 0.6) is 0 Å². The van der Waals surface area contributed by atoms with E-state index in [1.807, 2.05) is 6.07 Å². The van der Waals surface area contributed by atoms with E-state index < -0.39 is 5.56 Å². The lowest BCUT2D eigenvalue weighted by molar-refractivity contribution is 0.151. The molecule has 0 amide bonds. The molecule has 6 nitrogen and oxygen atoms in total. The minimum atomic E-state index is -0.490. The average Bonchev–Trinajstić information content (AvgIpc) is 2.67. The molecule has 1 aliphatic rings. The van der Waals surface area contributed by atoms with Gasteiger partial charge in [-0.15, -0.1) is 0 Å². The van der Waals surface area contributed by atoms with E-state index in [1.165, 1.54) is 10.9 Å². The number of hydrogen-bond donors (Lipinski definition) is 2. The first-order valence-electron chi connectivity index (χ1n) is 8.80. The van der Waals surface area contributed by atoms with Gasteiger partial charge in [-0.25, -0.2) is 0 Å². The van der Waals surface area contributed by atoms with Crippen LogP contribution in [0.3, 0.4) is 0 Å². The lowest BCUT2D eigenvalue weighted by atomic mass is 9.96. The van der Waals surface area contributed by atoms with Crippen LogP contribution in [0.25, 0.3) is 5.69 Å². The molecular weight excluding hydrogens is 411 g/mol. The smallest absolute Gasteiger partial charge is 0.291 e. The summed E-state index contributed by atoms with van der Waals surface area (Å²) in [6.07, 6.45) is 3.51. The fraction of sp³-hybridized carbons (Fsp3) is 0.444. The molecule has 1 aliphatic heterocycles. The summed E-state index contributed by atoms with van der Waals surface area (Å²) in [5.41, 5.74) is 0.841. The van der Waals surface area contributed by atoms with Crippen molar-refractivity contribution in [3.05, 3.63) is 49.8 Å². The summed E-state index contributed by atoms with van der Waals surface area (Å²) in [7, 11) is 0. The van der Waals surface area contributed by atoms with Gasteiger partial charge < -0.3 is 15.3 Å². The predicted molar refractivity (Wildman–Crippen MR) is 110 cm³/mol. The molecular formula is C18H21Cl3N4O2. The number of aliphatic hydroxyl groups is 1. The standard InChI is InChI=1S/C18H21Cl3N4O2/c19-14-9-13(25-18(27)17(21)15(20)11-23-25)1-2-16(14)22-10-12-3-5-24(6-4-12)7-8-26/h1-2,9,11-12,22,26H,3-8,10H2. The van der Waals surface area contributed by atoms with Gasteiger partial charge in [-0.05, 0) is 50.0 Å². The topological polar surface area (TPSA) is 70.4 Å². The van der Waals surface area contributed by atoms with Gasteiger partial charge in [0.25, 0.3) is 5.56 Å². The van der Waals surface area contributed by atoms with Crippen LogP contribution in [-0.2, 0) is 0 Å². The largest absolute Gasteiger partial charge is 0.395 e. The number of nitrogens with one attached hydrogen (secondary N) is 1. The zero-order chi connectivity index (χ0) is 19.4. The Morgan fingerprint density at radius 2 is 1.93 bits per heavy atom. The third-order valence-corrected chi connectivity index (χ3v) is 5.84. The highest BCUT2D eigenvalue weighted by Crippen LogP contribution is 2.26. The predicted octanol–water partition coefficient (Wildman–Crippen LogP) is 3.31. The van der Waals surface area contributed by atoms with E-state index in [-0.39, 0.29) is 16.7 Å². The Morgan fingerprint density at radius 3 is 2.59 bits per heavy atom. The second-order valence-corrected chi connectivity index (χ2v) is 7.77. The van der Waals surface area contributed by atoms with Crippen molar-refractivity contribution in [2.24, 2.45) is 5.92 Å². The molecule has 27 heavy (non-hydrogen) atoms. The lowest BCUT2D eigenvalue weighted by Gasteiger charge is -2.31. The Morgan fingerprint density at radius 1 is 1.19 bits per heavy atom. The van der Waals surface area contributed by atoms with Crippen LogP contribution in [0.4, 0.5) is 5.69 Å². The molecule has 0 saturated carbocycles. The second-order valence-electron chi connectivity index (χ2n) is 6.58. The molecule has 0 radical (unpaired) electrons. The number of rotatable bonds is 6. The van der Waals surface area contributed by atoms with Gasteiger partial charge in [0.1, 0.15) is 5.02 Å². The monoisotopic (exact) mass is 430 g/mol. The van der Waals surface area contributed by atoms with E-state index in [0.717, 1.165) is 44.7 Å². The van der Waals surface area contributed by atoms with Crippen LogP contribution in [0.2, 0.25) is 15.1 Å². The SMILES string of the molecule is O=c1c(Cl)c(Cl)cnn1-c1ccc(NCC2CCN(CCO)CC2)c(Cl)c1. The van der Waals surface area contributed by atoms with Crippen molar-refractivity contribution in [1.29, 1.82) is 0 Å². The van der Waals surface area contributed by atoms with Crippen molar-refractivity contribution in [2.45, 2.75) is 12.8 Å². The van der Waals surface area contributed by atoms with Crippen molar-refractivity contribution < 1.29 is 5.11 Å². The number of benzene rings is 1. The maximum atomic E-state index is 12.2. The van der Waals surface area contributed by atoms with Crippen molar-refractivity contribution >= 4 is 40.5 Å². The summed E-state index contributed by atoms with van der Waals surface area (Å²) >= 11 is 18.1. The van der Waals surface area contributed by atoms with Crippen LogP contribution in [0.1, 0.15) is 12.8 Å². The summed E-state index contributed by atoms with van der Waals surface area (Å²) in [5.74, 6) is 0.565. The van der Waals surface area contributed by atoms with Crippen molar-refractivity contribution in [1.82, 2.24) is 14.7 Å². The fourth-order valence-corrected chi connectivity index (χ4v) is 3.68. The molecule has 146 valence electrons. The second kappa shape index (κ2) is 9.26. The summed E-state index contributed by atoms with van der Waals surface area (Å²) < 4.78 is 1.17. The first-order chi connectivity index (χ1) is 13.0. The Labute approximate surface area is 172 Å². The summed E-state index contributed by atoms with van der Waals surface area (Å²) in [6, 6.07) is 5.26. The summed E-state index contributed by atoms with van der Waals surface area (Å²) in [5, 5.41) is 17.0. The van der Waals surface area contributed by atoms with Crippen molar-refractivity contribution in [3.63, 3.8) is 0 Å². The van der Waals surface area contributed by atoms with Crippen LogP contribution >= 0.6 is 34.8 Å². The first kappa shape index (κ1) is 20.4. The Balaban J connectivity index is 1.64. The number of aromatic nitrogens is 2. The zero-order valence-corrected chi connectivity index (χ0v) is 16.9. The van der Waals surface area contributed by atoms with Gasteiger partial charge in [0.15, 0.2) is 0 Å². The number of β-amino-alcohol motifs (C(OH)–C–C–N with tert-alkyl or cyclic N) is 1. The summed E-state index contributed by atoms with van der Waals surface area (Å²) in [6.45, 7) is 3.80. The molecule has 1 saturated heterocycles. The average molecular weight is 432 g/mol. The maximum absolute atomic E-state index is 12.2. The molecule has 0 spiro atoms. The molecule has 2 N–H and O–H groups in total. The van der Waals surface area contributed by atoms with Crippen molar-refractivity contribution in [2.75, 3.05) is 38.1 Å². The minimum absolute atomic E-state index is 0.0717. The van der Waals surface area contributed by atoms with Crippen LogP contribution in [0, 0.1) is 5.92 Å². The van der Waals surface area contributed by atoms with Crippen LogP contribution in [0.15, 0.2) is 29.2 Å². The van der Waals surface area contributed by atoms with Crippen LogP contribution < -0.4 is 10.9 Å². The van der Waals surface area contributed by atoms with Gasteiger partial charge >= 0.3 is 0 Å². The number of halogens is 3. The normalized spacial score (nSPS) is 15.9. The molecule has 0 atom stereocenters. The maximum Gasteiger partial charge on any atom is 0.291 e. The highest BCUT2D eigenvalue weighted by molar-refractivity contribution is 6.41.